The lowest BCUT2D eigenvalue weighted by atomic mass is 10.1. The fourth-order valence-corrected chi connectivity index (χ4v) is 4.75. The third kappa shape index (κ3) is 4.65. The Hall–Kier alpha value is -2.71. The topological polar surface area (TPSA) is 65.5 Å². The van der Waals surface area contributed by atoms with E-state index in [0.717, 1.165) is 36.9 Å². The van der Waals surface area contributed by atoms with Gasteiger partial charge in [0.05, 0.1) is 10.6 Å². The summed E-state index contributed by atoms with van der Waals surface area (Å²) in [6, 6.07) is 10.7. The van der Waals surface area contributed by atoms with Gasteiger partial charge in [-0.3, -0.25) is 9.59 Å². The number of benzene rings is 1. The van der Waals surface area contributed by atoms with E-state index >= 15 is 0 Å². The second-order valence-electron chi connectivity index (χ2n) is 6.91. The first-order valence-corrected chi connectivity index (χ1v) is 11.3. The van der Waals surface area contributed by atoms with Crippen molar-refractivity contribution in [1.82, 2.24) is 9.88 Å². The molecule has 1 saturated heterocycles. The summed E-state index contributed by atoms with van der Waals surface area (Å²) in [5, 5.41) is 7.82. The summed E-state index contributed by atoms with van der Waals surface area (Å²) in [6.07, 6.45) is 0.916. The van der Waals surface area contributed by atoms with Crippen LogP contribution in [0.1, 0.15) is 32.1 Å². The minimum absolute atomic E-state index is 0.0262. The van der Waals surface area contributed by atoms with Crippen LogP contribution in [-0.2, 0) is 0 Å². The van der Waals surface area contributed by atoms with Crippen molar-refractivity contribution < 1.29 is 9.59 Å². The van der Waals surface area contributed by atoms with E-state index in [1.54, 1.807) is 41.7 Å². The number of anilines is 2. The number of hydrogen-bond acceptors (Lipinski definition) is 6. The molecule has 3 heterocycles. The molecule has 6 nitrogen and oxygen atoms in total. The molecule has 1 fully saturated rings. The zero-order valence-electron chi connectivity index (χ0n) is 16.1. The molecule has 2 amide bonds. The first-order chi connectivity index (χ1) is 14.1. The number of nitrogens with zero attached hydrogens (tertiary/aromatic N) is 3. The molecule has 1 N–H and O–H groups in total. The third-order valence-electron chi connectivity index (χ3n) is 4.80. The quantitative estimate of drug-likeness (QED) is 0.682. The molecule has 1 aliphatic rings. The number of thiazole rings is 1. The van der Waals surface area contributed by atoms with Gasteiger partial charge in [-0.25, -0.2) is 4.98 Å². The summed E-state index contributed by atoms with van der Waals surface area (Å²) in [4.78, 5) is 34.5. The normalized spacial score (nSPS) is 14.5. The Kier molecular flexibility index (Phi) is 5.92. The van der Waals surface area contributed by atoms with Crippen LogP contribution in [0.25, 0.3) is 0 Å². The van der Waals surface area contributed by atoms with Crippen LogP contribution >= 0.6 is 22.7 Å². The van der Waals surface area contributed by atoms with Gasteiger partial charge in [0.15, 0.2) is 5.13 Å². The highest BCUT2D eigenvalue weighted by atomic mass is 32.1. The lowest BCUT2D eigenvalue weighted by molar-refractivity contribution is 0.0767. The fourth-order valence-electron chi connectivity index (χ4n) is 3.28. The number of aromatic nitrogens is 1. The highest BCUT2D eigenvalue weighted by Crippen LogP contribution is 2.22. The predicted octanol–water partition coefficient (Wildman–Crippen LogP) is 4.12. The van der Waals surface area contributed by atoms with Gasteiger partial charge in [0.25, 0.3) is 11.8 Å². The van der Waals surface area contributed by atoms with Crippen LogP contribution < -0.4 is 10.2 Å². The summed E-state index contributed by atoms with van der Waals surface area (Å²) in [7, 11) is 0. The van der Waals surface area contributed by atoms with Crippen molar-refractivity contribution in [2.45, 2.75) is 13.3 Å². The van der Waals surface area contributed by atoms with Crippen LogP contribution in [0.5, 0.6) is 0 Å². The van der Waals surface area contributed by atoms with Crippen LogP contribution in [0.4, 0.5) is 10.8 Å². The largest absolute Gasteiger partial charge is 0.346 e. The average molecular weight is 427 g/mol. The predicted molar refractivity (Wildman–Crippen MR) is 118 cm³/mol. The molecule has 1 aromatic carbocycles. The van der Waals surface area contributed by atoms with Crippen LogP contribution in [0.2, 0.25) is 0 Å². The number of nitrogens with one attached hydrogen (secondary N) is 1. The third-order valence-corrected chi connectivity index (χ3v) is 6.68. The molecular formula is C21H22N4O2S2. The summed E-state index contributed by atoms with van der Waals surface area (Å²) in [5.74, 6) is -0.109. The summed E-state index contributed by atoms with van der Waals surface area (Å²) >= 11 is 3.05. The monoisotopic (exact) mass is 426 g/mol. The van der Waals surface area contributed by atoms with Crippen LogP contribution in [0.3, 0.4) is 0 Å². The molecule has 3 aromatic rings. The standard InChI is InChI=1S/C21H22N4O2S2/c1-15-14-29-21(22-15)25-10-3-9-24(11-12-25)20(27)16-5-7-17(8-6-16)23-19(26)18-4-2-13-28-18/h2,4-8,13-14H,3,9-12H2,1H3,(H,23,26). The molecular weight excluding hydrogens is 404 g/mol. The Morgan fingerprint density at radius 3 is 2.55 bits per heavy atom. The molecule has 2 aromatic heterocycles. The Morgan fingerprint density at radius 2 is 1.86 bits per heavy atom. The lowest BCUT2D eigenvalue weighted by Gasteiger charge is -2.22. The molecule has 0 aliphatic carbocycles. The molecule has 0 atom stereocenters. The molecule has 0 radical (unpaired) electrons. The highest BCUT2D eigenvalue weighted by molar-refractivity contribution is 7.13. The van der Waals surface area contributed by atoms with Crippen molar-refractivity contribution in [2.24, 2.45) is 0 Å². The second-order valence-corrected chi connectivity index (χ2v) is 8.70. The Bertz CT molecular complexity index is 983. The fraction of sp³-hybridized carbons (Fsp3) is 0.286. The Labute approximate surface area is 177 Å². The van der Waals surface area contributed by atoms with Crippen molar-refractivity contribution in [3.63, 3.8) is 0 Å². The van der Waals surface area contributed by atoms with Gasteiger partial charge in [-0.1, -0.05) is 6.07 Å². The van der Waals surface area contributed by atoms with Crippen LogP contribution in [0, 0.1) is 6.92 Å². The number of carbonyl (C=O) groups excluding carboxylic acids is 2. The smallest absolute Gasteiger partial charge is 0.265 e. The van der Waals surface area contributed by atoms with Crippen molar-refractivity contribution in [3.05, 3.63) is 63.3 Å². The number of aryl methyl sites for hydroxylation is 1. The van der Waals surface area contributed by atoms with Gasteiger partial charge in [-0.15, -0.1) is 22.7 Å². The van der Waals surface area contributed by atoms with Crippen LogP contribution in [0.15, 0.2) is 47.2 Å². The maximum Gasteiger partial charge on any atom is 0.265 e. The van der Waals surface area contributed by atoms with E-state index in [1.165, 1.54) is 11.3 Å². The van der Waals surface area contributed by atoms with E-state index in [9.17, 15) is 9.59 Å². The van der Waals surface area contributed by atoms with Crippen molar-refractivity contribution in [2.75, 3.05) is 36.4 Å². The van der Waals surface area contributed by atoms with Crippen molar-refractivity contribution >= 4 is 45.3 Å². The van der Waals surface area contributed by atoms with E-state index < -0.39 is 0 Å². The molecule has 29 heavy (non-hydrogen) atoms. The van der Waals surface area contributed by atoms with E-state index in [4.69, 9.17) is 0 Å². The first-order valence-electron chi connectivity index (χ1n) is 9.51. The van der Waals surface area contributed by atoms with Gasteiger partial charge < -0.3 is 15.1 Å². The average Bonchev–Trinajstić information content (AvgIpc) is 3.35. The van der Waals surface area contributed by atoms with Gasteiger partial charge in [-0.2, -0.15) is 0 Å². The van der Waals surface area contributed by atoms with Gasteiger partial charge in [0.1, 0.15) is 0 Å². The lowest BCUT2D eigenvalue weighted by Crippen LogP contribution is -2.35. The molecule has 0 spiro atoms. The maximum absolute atomic E-state index is 12.9. The number of amides is 2. The number of thiophene rings is 1. The van der Waals surface area contributed by atoms with Gasteiger partial charge in [0.2, 0.25) is 0 Å². The Balaban J connectivity index is 1.37. The SMILES string of the molecule is Cc1csc(N2CCCN(C(=O)c3ccc(NC(=O)c4cccs4)cc3)CC2)n1. The molecule has 150 valence electrons. The molecule has 0 unspecified atom stereocenters. The van der Waals surface area contributed by atoms with Gasteiger partial charge >= 0.3 is 0 Å². The number of hydrogen-bond donors (Lipinski definition) is 1. The zero-order chi connectivity index (χ0) is 20.2. The molecule has 4 rings (SSSR count). The van der Waals surface area contributed by atoms with E-state index in [2.05, 4.69) is 20.6 Å². The minimum Gasteiger partial charge on any atom is -0.346 e. The van der Waals surface area contributed by atoms with Crippen LogP contribution in [-0.4, -0.2) is 47.9 Å². The molecule has 8 heteroatoms. The van der Waals surface area contributed by atoms with E-state index in [1.807, 2.05) is 23.3 Å². The highest BCUT2D eigenvalue weighted by Gasteiger charge is 2.21. The number of carbonyl (C=O) groups is 2. The Morgan fingerprint density at radius 1 is 1.03 bits per heavy atom. The van der Waals surface area contributed by atoms with Crippen molar-refractivity contribution in [1.29, 1.82) is 0 Å². The molecule has 1 aliphatic heterocycles. The van der Waals surface area contributed by atoms with Gasteiger partial charge in [-0.05, 0) is 49.1 Å². The summed E-state index contributed by atoms with van der Waals surface area (Å²) < 4.78 is 0. The summed E-state index contributed by atoms with van der Waals surface area (Å²) in [5.41, 5.74) is 2.35. The molecule has 0 saturated carbocycles. The van der Waals surface area contributed by atoms with E-state index in [0.29, 0.717) is 22.7 Å². The number of rotatable bonds is 4. The van der Waals surface area contributed by atoms with Gasteiger partial charge in [0, 0.05) is 42.8 Å². The summed E-state index contributed by atoms with van der Waals surface area (Å²) in [6.45, 7) is 5.10. The minimum atomic E-state index is -0.135. The maximum atomic E-state index is 12.9. The zero-order valence-corrected chi connectivity index (χ0v) is 17.8. The molecule has 0 bridgehead atoms. The second kappa shape index (κ2) is 8.75. The van der Waals surface area contributed by atoms with Crippen molar-refractivity contribution in [3.8, 4) is 0 Å². The first kappa shape index (κ1) is 19.6. The van der Waals surface area contributed by atoms with E-state index in [-0.39, 0.29) is 11.8 Å².